The van der Waals surface area contributed by atoms with Crippen LogP contribution in [0.15, 0.2) is 28.7 Å². The highest BCUT2D eigenvalue weighted by Gasteiger charge is 2.18. The number of furan rings is 1. The van der Waals surface area contributed by atoms with E-state index in [1.54, 1.807) is 31.2 Å². The summed E-state index contributed by atoms with van der Waals surface area (Å²) < 4.78 is 5.45. The van der Waals surface area contributed by atoms with Gasteiger partial charge in [-0.2, -0.15) is 0 Å². The normalized spacial score (nSPS) is 10.5. The highest BCUT2D eigenvalue weighted by Crippen LogP contribution is 2.22. The third-order valence-corrected chi connectivity index (χ3v) is 3.18. The molecule has 4 heteroatoms. The van der Waals surface area contributed by atoms with Gasteiger partial charge in [0.2, 0.25) is 0 Å². The Morgan fingerprint density at radius 1 is 1.16 bits per heavy atom. The first-order valence-corrected chi connectivity index (χ1v) is 6.10. The number of rotatable bonds is 3. The number of hydrogen-bond acceptors (Lipinski definition) is 3. The van der Waals surface area contributed by atoms with E-state index in [1.807, 2.05) is 13.8 Å². The lowest BCUT2D eigenvalue weighted by Gasteiger charge is -2.06. The number of carbonyl (C=O) groups is 1. The van der Waals surface area contributed by atoms with Crippen LogP contribution in [-0.4, -0.2) is 11.0 Å². The molecule has 0 spiro atoms. The van der Waals surface area contributed by atoms with Crippen LogP contribution in [0.5, 0.6) is 0 Å². The Kier molecular flexibility index (Phi) is 3.71. The van der Waals surface area contributed by atoms with Gasteiger partial charge in [-0.25, -0.2) is 0 Å². The van der Waals surface area contributed by atoms with Crippen molar-refractivity contribution in [1.29, 1.82) is 0 Å². The molecule has 0 saturated heterocycles. The molecule has 0 aliphatic carbocycles. The minimum Gasteiger partial charge on any atom is -0.466 e. The van der Waals surface area contributed by atoms with Crippen LogP contribution in [0, 0.1) is 20.8 Å². The van der Waals surface area contributed by atoms with Gasteiger partial charge in [0, 0.05) is 11.3 Å². The van der Waals surface area contributed by atoms with Crippen LogP contribution in [-0.2, 0) is 6.61 Å². The van der Waals surface area contributed by atoms with Crippen molar-refractivity contribution in [3.05, 3.63) is 52.5 Å². The predicted molar refractivity (Wildman–Crippen MR) is 73.2 cm³/mol. The Morgan fingerprint density at radius 2 is 1.79 bits per heavy atom. The fourth-order valence-corrected chi connectivity index (χ4v) is 2.01. The largest absolute Gasteiger partial charge is 0.466 e. The van der Waals surface area contributed by atoms with Crippen molar-refractivity contribution >= 4 is 11.6 Å². The third kappa shape index (κ3) is 2.69. The molecule has 19 heavy (non-hydrogen) atoms. The molecule has 2 rings (SSSR count). The van der Waals surface area contributed by atoms with E-state index in [1.165, 1.54) is 0 Å². The van der Waals surface area contributed by atoms with Crippen molar-refractivity contribution in [2.24, 2.45) is 0 Å². The third-order valence-electron chi connectivity index (χ3n) is 3.18. The van der Waals surface area contributed by atoms with Crippen molar-refractivity contribution in [3.63, 3.8) is 0 Å². The van der Waals surface area contributed by atoms with Gasteiger partial charge in [0.25, 0.3) is 5.91 Å². The minimum absolute atomic E-state index is 0.00658. The molecule has 2 aromatic rings. The molecule has 0 atom stereocenters. The molecule has 0 aliphatic heterocycles. The number of amides is 1. The van der Waals surface area contributed by atoms with Crippen LogP contribution >= 0.6 is 0 Å². The number of aryl methyl sites for hydroxylation is 2. The Morgan fingerprint density at radius 3 is 2.26 bits per heavy atom. The quantitative estimate of drug-likeness (QED) is 0.890. The van der Waals surface area contributed by atoms with Crippen LogP contribution in [0.3, 0.4) is 0 Å². The Hall–Kier alpha value is -2.07. The van der Waals surface area contributed by atoms with E-state index in [2.05, 4.69) is 5.32 Å². The number of benzene rings is 1. The summed E-state index contributed by atoms with van der Waals surface area (Å²) in [5, 5.41) is 11.8. The SMILES string of the molecule is Cc1oc(C)c(C(=O)Nc2ccc(CO)cc2)c1C. The topological polar surface area (TPSA) is 62.5 Å². The second kappa shape index (κ2) is 5.28. The molecule has 0 fully saturated rings. The summed E-state index contributed by atoms with van der Waals surface area (Å²) in [4.78, 5) is 12.2. The van der Waals surface area contributed by atoms with E-state index in [-0.39, 0.29) is 12.5 Å². The fourth-order valence-electron chi connectivity index (χ4n) is 2.01. The summed E-state index contributed by atoms with van der Waals surface area (Å²) in [6.45, 7) is 5.49. The zero-order valence-corrected chi connectivity index (χ0v) is 11.3. The molecule has 2 N–H and O–H groups in total. The number of carbonyl (C=O) groups excluding carboxylic acids is 1. The number of anilines is 1. The molecule has 1 amide bonds. The van der Waals surface area contributed by atoms with E-state index in [0.29, 0.717) is 17.0 Å². The molecule has 0 bridgehead atoms. The van der Waals surface area contributed by atoms with Gasteiger partial charge in [0.15, 0.2) is 0 Å². The average Bonchev–Trinajstić information content (AvgIpc) is 2.64. The maximum Gasteiger partial charge on any atom is 0.259 e. The lowest BCUT2D eigenvalue weighted by molar-refractivity contribution is 0.102. The monoisotopic (exact) mass is 259 g/mol. The molecular formula is C15H17NO3. The van der Waals surface area contributed by atoms with Crippen LogP contribution in [0.4, 0.5) is 5.69 Å². The van der Waals surface area contributed by atoms with Gasteiger partial charge in [-0.1, -0.05) is 12.1 Å². The number of hydrogen-bond donors (Lipinski definition) is 2. The van der Waals surface area contributed by atoms with Crippen LogP contribution < -0.4 is 5.32 Å². The minimum atomic E-state index is -0.177. The molecule has 100 valence electrons. The van der Waals surface area contributed by atoms with Gasteiger partial charge in [-0.05, 0) is 38.5 Å². The van der Waals surface area contributed by atoms with Crippen molar-refractivity contribution in [2.45, 2.75) is 27.4 Å². The van der Waals surface area contributed by atoms with Gasteiger partial charge in [0.1, 0.15) is 11.5 Å². The molecule has 0 radical (unpaired) electrons. The van der Waals surface area contributed by atoms with Crippen molar-refractivity contribution in [1.82, 2.24) is 0 Å². The van der Waals surface area contributed by atoms with Gasteiger partial charge in [-0.15, -0.1) is 0 Å². The first-order chi connectivity index (χ1) is 9.02. The highest BCUT2D eigenvalue weighted by atomic mass is 16.3. The Labute approximate surface area is 112 Å². The summed E-state index contributed by atoms with van der Waals surface area (Å²) in [6, 6.07) is 7.08. The van der Waals surface area contributed by atoms with Crippen LogP contribution in [0.2, 0.25) is 0 Å². The predicted octanol–water partition coefficient (Wildman–Crippen LogP) is 2.95. The van der Waals surface area contributed by atoms with Gasteiger partial charge in [0.05, 0.1) is 12.2 Å². The summed E-state index contributed by atoms with van der Waals surface area (Å²) in [6.07, 6.45) is 0. The number of aliphatic hydroxyl groups is 1. The highest BCUT2D eigenvalue weighted by molar-refractivity contribution is 6.06. The van der Waals surface area contributed by atoms with Crippen LogP contribution in [0.1, 0.15) is 33.0 Å². The van der Waals surface area contributed by atoms with E-state index < -0.39 is 0 Å². The summed E-state index contributed by atoms with van der Waals surface area (Å²) in [5.41, 5.74) is 2.95. The Bertz CT molecular complexity index is 597. The van der Waals surface area contributed by atoms with Crippen molar-refractivity contribution in [2.75, 3.05) is 5.32 Å². The van der Waals surface area contributed by atoms with E-state index in [0.717, 1.165) is 16.9 Å². The molecule has 1 heterocycles. The van der Waals surface area contributed by atoms with Gasteiger partial charge < -0.3 is 14.8 Å². The first-order valence-electron chi connectivity index (χ1n) is 6.10. The van der Waals surface area contributed by atoms with Crippen LogP contribution in [0.25, 0.3) is 0 Å². The summed E-state index contributed by atoms with van der Waals surface area (Å²) in [7, 11) is 0. The molecular weight excluding hydrogens is 242 g/mol. The summed E-state index contributed by atoms with van der Waals surface area (Å²) >= 11 is 0. The molecule has 0 aliphatic rings. The molecule has 1 aromatic carbocycles. The lowest BCUT2D eigenvalue weighted by Crippen LogP contribution is -2.13. The van der Waals surface area contributed by atoms with E-state index in [9.17, 15) is 4.79 Å². The van der Waals surface area contributed by atoms with Crippen molar-refractivity contribution in [3.8, 4) is 0 Å². The second-order valence-electron chi connectivity index (χ2n) is 4.52. The van der Waals surface area contributed by atoms with E-state index >= 15 is 0 Å². The summed E-state index contributed by atoms with van der Waals surface area (Å²) in [5.74, 6) is 1.21. The smallest absolute Gasteiger partial charge is 0.259 e. The van der Waals surface area contributed by atoms with Gasteiger partial charge in [-0.3, -0.25) is 4.79 Å². The molecule has 4 nitrogen and oxygen atoms in total. The number of aliphatic hydroxyl groups excluding tert-OH is 1. The van der Waals surface area contributed by atoms with Crippen molar-refractivity contribution < 1.29 is 14.3 Å². The lowest BCUT2D eigenvalue weighted by atomic mass is 10.1. The first kappa shape index (κ1) is 13.4. The maximum atomic E-state index is 12.2. The maximum absolute atomic E-state index is 12.2. The fraction of sp³-hybridized carbons (Fsp3) is 0.267. The zero-order valence-electron chi connectivity index (χ0n) is 11.3. The Balaban J connectivity index is 2.20. The molecule has 1 aromatic heterocycles. The standard InChI is InChI=1S/C15H17NO3/c1-9-10(2)19-11(3)14(9)15(18)16-13-6-4-12(8-17)5-7-13/h4-7,17H,8H2,1-3H3,(H,16,18). The zero-order chi connectivity index (χ0) is 14.0. The number of nitrogens with one attached hydrogen (secondary N) is 1. The van der Waals surface area contributed by atoms with Gasteiger partial charge >= 0.3 is 0 Å². The molecule has 0 unspecified atom stereocenters. The van der Waals surface area contributed by atoms with E-state index in [4.69, 9.17) is 9.52 Å². The average molecular weight is 259 g/mol. The second-order valence-corrected chi connectivity index (χ2v) is 4.52. The molecule has 0 saturated carbocycles.